The summed E-state index contributed by atoms with van der Waals surface area (Å²) in [5.74, 6) is 1.13. The molecular formula is C11H22Cl2O2S. The van der Waals surface area contributed by atoms with Gasteiger partial charge in [-0.2, -0.15) is 0 Å². The van der Waals surface area contributed by atoms with Gasteiger partial charge in [-0.15, -0.1) is 11.6 Å². The van der Waals surface area contributed by atoms with Gasteiger partial charge in [0, 0.05) is 16.1 Å². The lowest BCUT2D eigenvalue weighted by atomic mass is 9.89. The topological polar surface area (TPSA) is 34.1 Å². The first-order valence-electron chi connectivity index (χ1n) is 5.76. The number of hydrogen-bond donors (Lipinski definition) is 0. The van der Waals surface area contributed by atoms with Crippen LogP contribution in [0.25, 0.3) is 0 Å². The molecule has 0 aromatic rings. The Morgan fingerprint density at radius 2 is 1.56 bits per heavy atom. The SMILES string of the molecule is CCC(C)C(C)CC(Cl)CC(C)S(=O)(=O)Cl. The maximum absolute atomic E-state index is 11.0. The summed E-state index contributed by atoms with van der Waals surface area (Å²) in [6.45, 7) is 8.10. The number of rotatable bonds is 7. The van der Waals surface area contributed by atoms with E-state index in [-0.39, 0.29) is 5.38 Å². The van der Waals surface area contributed by atoms with E-state index in [9.17, 15) is 8.42 Å². The van der Waals surface area contributed by atoms with Crippen LogP contribution in [0.15, 0.2) is 0 Å². The second-order valence-corrected chi connectivity index (χ2v) is 8.38. The predicted molar refractivity (Wildman–Crippen MR) is 71.7 cm³/mol. The van der Waals surface area contributed by atoms with E-state index >= 15 is 0 Å². The van der Waals surface area contributed by atoms with Crippen LogP contribution in [0.3, 0.4) is 0 Å². The third-order valence-electron chi connectivity index (χ3n) is 3.31. The van der Waals surface area contributed by atoms with Crippen LogP contribution in [0.1, 0.15) is 47.0 Å². The molecule has 0 aromatic carbocycles. The van der Waals surface area contributed by atoms with Crippen LogP contribution in [-0.2, 0) is 9.05 Å². The molecule has 0 N–H and O–H groups in total. The van der Waals surface area contributed by atoms with Gasteiger partial charge >= 0.3 is 0 Å². The summed E-state index contributed by atoms with van der Waals surface area (Å²) >= 11 is 6.15. The molecule has 0 aliphatic heterocycles. The Morgan fingerprint density at radius 1 is 1.06 bits per heavy atom. The van der Waals surface area contributed by atoms with E-state index in [1.165, 1.54) is 0 Å². The first kappa shape index (κ1) is 16.5. The summed E-state index contributed by atoms with van der Waals surface area (Å²) in [4.78, 5) is 0. The average Bonchev–Trinajstić information content (AvgIpc) is 2.14. The van der Waals surface area contributed by atoms with Crippen LogP contribution in [-0.4, -0.2) is 19.0 Å². The molecule has 5 heteroatoms. The van der Waals surface area contributed by atoms with Gasteiger partial charge in [-0.05, 0) is 31.6 Å². The van der Waals surface area contributed by atoms with Gasteiger partial charge in [0.2, 0.25) is 9.05 Å². The molecule has 0 amide bonds. The van der Waals surface area contributed by atoms with Crippen LogP contribution in [0, 0.1) is 11.8 Å². The van der Waals surface area contributed by atoms with Crippen molar-refractivity contribution < 1.29 is 8.42 Å². The zero-order valence-corrected chi connectivity index (χ0v) is 12.7. The first-order chi connectivity index (χ1) is 7.18. The standard InChI is InChI=1S/C11H22Cl2O2S/c1-5-8(2)9(3)6-11(12)7-10(4)16(13,14)15/h8-11H,5-7H2,1-4H3. The third-order valence-corrected chi connectivity index (χ3v) is 5.73. The highest BCUT2D eigenvalue weighted by Gasteiger charge is 2.23. The molecule has 0 heterocycles. The van der Waals surface area contributed by atoms with Gasteiger partial charge in [0.05, 0.1) is 5.25 Å². The van der Waals surface area contributed by atoms with E-state index in [1.807, 2.05) is 0 Å². The molecule has 0 bridgehead atoms. The summed E-state index contributed by atoms with van der Waals surface area (Å²) in [5.41, 5.74) is 0. The van der Waals surface area contributed by atoms with Crippen molar-refractivity contribution in [2.75, 3.05) is 0 Å². The fourth-order valence-electron chi connectivity index (χ4n) is 1.61. The fourth-order valence-corrected chi connectivity index (χ4v) is 2.94. The van der Waals surface area contributed by atoms with E-state index in [1.54, 1.807) is 6.92 Å². The second kappa shape index (κ2) is 7.07. The molecule has 0 saturated carbocycles. The van der Waals surface area contributed by atoms with Crippen LogP contribution >= 0.6 is 22.3 Å². The molecule has 2 nitrogen and oxygen atoms in total. The van der Waals surface area contributed by atoms with E-state index in [0.717, 1.165) is 12.8 Å². The maximum atomic E-state index is 11.0. The summed E-state index contributed by atoms with van der Waals surface area (Å²) < 4.78 is 22.1. The highest BCUT2D eigenvalue weighted by Crippen LogP contribution is 2.26. The van der Waals surface area contributed by atoms with Crippen LogP contribution < -0.4 is 0 Å². The zero-order chi connectivity index (χ0) is 12.9. The Kier molecular flexibility index (Phi) is 7.31. The van der Waals surface area contributed by atoms with Gasteiger partial charge in [0.25, 0.3) is 0 Å². The number of halogens is 2. The van der Waals surface area contributed by atoms with E-state index in [4.69, 9.17) is 22.3 Å². The van der Waals surface area contributed by atoms with Crippen molar-refractivity contribution in [2.45, 2.75) is 57.6 Å². The van der Waals surface area contributed by atoms with Crippen molar-refractivity contribution in [3.05, 3.63) is 0 Å². The zero-order valence-electron chi connectivity index (χ0n) is 10.4. The average molecular weight is 289 g/mol. The van der Waals surface area contributed by atoms with E-state index < -0.39 is 14.3 Å². The Morgan fingerprint density at radius 3 is 1.94 bits per heavy atom. The molecule has 0 rings (SSSR count). The molecule has 0 aliphatic rings. The van der Waals surface area contributed by atoms with Crippen LogP contribution in [0.2, 0.25) is 0 Å². The van der Waals surface area contributed by atoms with Crippen LogP contribution in [0.4, 0.5) is 0 Å². The van der Waals surface area contributed by atoms with Crippen molar-refractivity contribution in [3.63, 3.8) is 0 Å². The Labute approximate surface area is 109 Å². The molecule has 0 aliphatic carbocycles. The van der Waals surface area contributed by atoms with Crippen molar-refractivity contribution in [1.82, 2.24) is 0 Å². The molecule has 98 valence electrons. The molecule has 4 atom stereocenters. The molecule has 0 aromatic heterocycles. The Balaban J connectivity index is 4.14. The highest BCUT2D eigenvalue weighted by molar-refractivity contribution is 8.14. The predicted octanol–water partition coefficient (Wildman–Crippen LogP) is 4.01. The Hall–Kier alpha value is 0.530. The van der Waals surface area contributed by atoms with Crippen molar-refractivity contribution >= 4 is 31.3 Å². The molecular weight excluding hydrogens is 267 g/mol. The normalized spacial score (nSPS) is 20.1. The summed E-state index contributed by atoms with van der Waals surface area (Å²) in [5, 5.41) is -0.687. The molecule has 0 radical (unpaired) electrons. The summed E-state index contributed by atoms with van der Waals surface area (Å²) in [6.07, 6.45) is 2.38. The quantitative estimate of drug-likeness (QED) is 0.524. The molecule has 0 fully saturated rings. The van der Waals surface area contributed by atoms with Crippen molar-refractivity contribution in [1.29, 1.82) is 0 Å². The van der Waals surface area contributed by atoms with Gasteiger partial charge < -0.3 is 0 Å². The van der Waals surface area contributed by atoms with E-state index in [2.05, 4.69) is 20.8 Å². The van der Waals surface area contributed by atoms with Crippen molar-refractivity contribution in [2.24, 2.45) is 11.8 Å². The molecule has 4 unspecified atom stereocenters. The van der Waals surface area contributed by atoms with Gasteiger partial charge in [-0.3, -0.25) is 0 Å². The minimum atomic E-state index is -3.47. The number of hydrogen-bond acceptors (Lipinski definition) is 2. The number of alkyl halides is 1. The highest BCUT2D eigenvalue weighted by atomic mass is 35.7. The molecule has 16 heavy (non-hydrogen) atoms. The smallest absolute Gasteiger partial charge is 0.212 e. The molecule has 0 saturated heterocycles. The Bertz CT molecular complexity index is 290. The second-order valence-electron chi connectivity index (χ2n) is 4.72. The lowest BCUT2D eigenvalue weighted by molar-refractivity contribution is 0.346. The van der Waals surface area contributed by atoms with E-state index in [0.29, 0.717) is 18.3 Å². The van der Waals surface area contributed by atoms with Crippen LogP contribution in [0.5, 0.6) is 0 Å². The first-order valence-corrected chi connectivity index (χ1v) is 8.56. The minimum absolute atomic E-state index is 0.118. The monoisotopic (exact) mass is 288 g/mol. The van der Waals surface area contributed by atoms with Gasteiger partial charge in [0.15, 0.2) is 0 Å². The molecule has 0 spiro atoms. The lowest BCUT2D eigenvalue weighted by Gasteiger charge is -2.22. The minimum Gasteiger partial charge on any atom is -0.212 e. The van der Waals surface area contributed by atoms with Gasteiger partial charge in [-0.25, -0.2) is 8.42 Å². The van der Waals surface area contributed by atoms with Gasteiger partial charge in [0.1, 0.15) is 0 Å². The third kappa shape index (κ3) is 6.31. The summed E-state index contributed by atoms with van der Waals surface area (Å²) in [7, 11) is 1.80. The largest absolute Gasteiger partial charge is 0.235 e. The summed E-state index contributed by atoms with van der Waals surface area (Å²) in [6, 6.07) is 0. The fraction of sp³-hybridized carbons (Fsp3) is 1.00. The van der Waals surface area contributed by atoms with Crippen molar-refractivity contribution in [3.8, 4) is 0 Å². The maximum Gasteiger partial charge on any atom is 0.235 e. The van der Waals surface area contributed by atoms with Gasteiger partial charge in [-0.1, -0.05) is 27.2 Å². The lowest BCUT2D eigenvalue weighted by Crippen LogP contribution is -2.20.